The third kappa shape index (κ3) is 3.75. The van der Waals surface area contributed by atoms with Gasteiger partial charge in [-0.15, -0.1) is 11.8 Å². The average molecular weight is 242 g/mol. The van der Waals surface area contributed by atoms with Gasteiger partial charge in [0.25, 0.3) is 0 Å². The molecule has 0 amide bonds. The molecule has 0 aliphatic heterocycles. The van der Waals surface area contributed by atoms with Crippen molar-refractivity contribution in [1.29, 1.82) is 5.26 Å². The summed E-state index contributed by atoms with van der Waals surface area (Å²) in [5.41, 5.74) is 0.569. The molecule has 0 spiro atoms. The maximum absolute atomic E-state index is 8.78. The fourth-order valence-corrected chi connectivity index (χ4v) is 2.41. The predicted molar refractivity (Wildman–Crippen MR) is 63.2 cm³/mol. The fourth-order valence-electron chi connectivity index (χ4n) is 1.12. The molecule has 0 heterocycles. The molecule has 0 aromatic heterocycles. The molecule has 0 saturated heterocycles. The molecule has 0 radical (unpaired) electrons. The molecule has 2 nitrogen and oxygen atoms in total. The summed E-state index contributed by atoms with van der Waals surface area (Å²) in [6.45, 7) is 2.22. The van der Waals surface area contributed by atoms with Gasteiger partial charge in [-0.3, -0.25) is 0 Å². The van der Waals surface area contributed by atoms with Gasteiger partial charge >= 0.3 is 0 Å². The zero-order chi connectivity index (χ0) is 11.3. The molecule has 4 heteroatoms. The number of nitriles is 1. The molecule has 1 aromatic rings. The van der Waals surface area contributed by atoms with Crippen molar-refractivity contribution in [2.75, 3.05) is 6.61 Å². The number of benzene rings is 1. The van der Waals surface area contributed by atoms with Crippen LogP contribution in [-0.4, -0.2) is 17.0 Å². The molecule has 1 unspecified atom stereocenters. The summed E-state index contributed by atoms with van der Waals surface area (Å²) in [5, 5.41) is 18.4. The van der Waals surface area contributed by atoms with Crippen molar-refractivity contribution in [3.63, 3.8) is 0 Å². The van der Waals surface area contributed by atoms with Gasteiger partial charge in [-0.2, -0.15) is 5.26 Å². The van der Waals surface area contributed by atoms with E-state index in [1.54, 1.807) is 23.9 Å². The lowest BCUT2D eigenvalue weighted by molar-refractivity contribution is 0.289. The highest BCUT2D eigenvalue weighted by atomic mass is 35.5. The van der Waals surface area contributed by atoms with Crippen molar-refractivity contribution in [3.05, 3.63) is 28.8 Å². The maximum Gasteiger partial charge on any atom is 0.0992 e. The third-order valence-electron chi connectivity index (χ3n) is 1.92. The molecule has 1 rings (SSSR count). The number of hydrogen-bond acceptors (Lipinski definition) is 3. The van der Waals surface area contributed by atoms with Crippen molar-refractivity contribution in [2.24, 2.45) is 0 Å². The highest BCUT2D eigenvalue weighted by Gasteiger charge is 2.07. The van der Waals surface area contributed by atoms with Crippen LogP contribution >= 0.6 is 23.4 Å². The summed E-state index contributed by atoms with van der Waals surface area (Å²) in [4.78, 5) is 0.955. The van der Waals surface area contributed by atoms with E-state index in [1.165, 1.54) is 0 Å². The number of aliphatic hydroxyl groups is 1. The fraction of sp³-hybridized carbons (Fsp3) is 0.364. The van der Waals surface area contributed by atoms with Gasteiger partial charge < -0.3 is 5.11 Å². The van der Waals surface area contributed by atoms with Crippen LogP contribution in [0.5, 0.6) is 0 Å². The Morgan fingerprint density at radius 2 is 2.33 bits per heavy atom. The summed E-state index contributed by atoms with van der Waals surface area (Å²) in [5.74, 6) is 0. The monoisotopic (exact) mass is 241 g/mol. The first-order valence-corrected chi connectivity index (χ1v) is 5.90. The van der Waals surface area contributed by atoms with Gasteiger partial charge in [0.1, 0.15) is 0 Å². The highest BCUT2D eigenvalue weighted by Crippen LogP contribution is 2.31. The second-order valence-electron chi connectivity index (χ2n) is 3.20. The van der Waals surface area contributed by atoms with Crippen molar-refractivity contribution < 1.29 is 5.11 Å². The number of nitrogens with zero attached hydrogens (tertiary/aromatic N) is 1. The van der Waals surface area contributed by atoms with Crippen LogP contribution in [-0.2, 0) is 0 Å². The van der Waals surface area contributed by atoms with Crippen LogP contribution < -0.4 is 0 Å². The number of halogens is 1. The number of rotatable bonds is 4. The van der Waals surface area contributed by atoms with Crippen LogP contribution in [0.1, 0.15) is 18.9 Å². The molecule has 80 valence electrons. The van der Waals surface area contributed by atoms with E-state index in [9.17, 15) is 0 Å². The van der Waals surface area contributed by atoms with Gasteiger partial charge in [0, 0.05) is 16.8 Å². The van der Waals surface area contributed by atoms with Crippen LogP contribution in [0.2, 0.25) is 5.02 Å². The molecule has 1 atom stereocenters. The van der Waals surface area contributed by atoms with E-state index in [-0.39, 0.29) is 6.61 Å². The molecule has 0 aliphatic carbocycles. The van der Waals surface area contributed by atoms with Gasteiger partial charge in [-0.1, -0.05) is 18.5 Å². The Morgan fingerprint density at radius 1 is 1.60 bits per heavy atom. The lowest BCUT2D eigenvalue weighted by Crippen LogP contribution is -1.99. The molecule has 0 aliphatic rings. The summed E-state index contributed by atoms with van der Waals surface area (Å²) >= 11 is 7.63. The Bertz CT molecular complexity index is 375. The minimum absolute atomic E-state index is 0.183. The van der Waals surface area contributed by atoms with E-state index < -0.39 is 0 Å². The molecular formula is C11H12ClNOS. The first-order valence-electron chi connectivity index (χ1n) is 4.64. The lowest BCUT2D eigenvalue weighted by atomic mass is 10.2. The third-order valence-corrected chi connectivity index (χ3v) is 3.60. The van der Waals surface area contributed by atoms with Crippen molar-refractivity contribution in [1.82, 2.24) is 0 Å². The zero-order valence-electron chi connectivity index (χ0n) is 8.40. The Labute approximate surface area is 98.9 Å². The average Bonchev–Trinajstić information content (AvgIpc) is 2.21. The largest absolute Gasteiger partial charge is 0.396 e. The van der Waals surface area contributed by atoms with E-state index in [2.05, 4.69) is 0 Å². The molecule has 0 saturated carbocycles. The van der Waals surface area contributed by atoms with Gasteiger partial charge in [0.15, 0.2) is 0 Å². The van der Waals surface area contributed by atoms with Crippen LogP contribution in [0.4, 0.5) is 0 Å². The minimum Gasteiger partial charge on any atom is -0.396 e. The second-order valence-corrected chi connectivity index (χ2v) is 5.09. The van der Waals surface area contributed by atoms with E-state index in [1.807, 2.05) is 19.1 Å². The van der Waals surface area contributed by atoms with E-state index in [4.69, 9.17) is 22.0 Å². The van der Waals surface area contributed by atoms with Crippen molar-refractivity contribution in [3.8, 4) is 6.07 Å². The Balaban J connectivity index is 2.74. The Hall–Kier alpha value is -0.690. The maximum atomic E-state index is 8.78. The predicted octanol–water partition coefficient (Wildman–Crippen LogP) is 3.07. The van der Waals surface area contributed by atoms with Crippen LogP contribution in [0.3, 0.4) is 0 Å². The summed E-state index contributed by atoms with van der Waals surface area (Å²) < 4.78 is 0. The van der Waals surface area contributed by atoms with Crippen LogP contribution in [0.15, 0.2) is 23.1 Å². The second kappa shape index (κ2) is 6.02. The van der Waals surface area contributed by atoms with Crippen molar-refractivity contribution in [2.45, 2.75) is 23.5 Å². The summed E-state index contributed by atoms with van der Waals surface area (Å²) in [6.07, 6.45) is 0.737. The van der Waals surface area contributed by atoms with Gasteiger partial charge in [0.05, 0.1) is 16.7 Å². The van der Waals surface area contributed by atoms with E-state index in [0.29, 0.717) is 15.8 Å². The van der Waals surface area contributed by atoms with Crippen LogP contribution in [0, 0.1) is 11.3 Å². The van der Waals surface area contributed by atoms with Crippen LogP contribution in [0.25, 0.3) is 0 Å². The smallest absolute Gasteiger partial charge is 0.0992 e. The van der Waals surface area contributed by atoms with E-state index >= 15 is 0 Å². The molecular weight excluding hydrogens is 230 g/mol. The first kappa shape index (κ1) is 12.4. The summed E-state index contributed by atoms with van der Waals surface area (Å²) in [7, 11) is 0. The normalized spacial score (nSPS) is 12.1. The zero-order valence-corrected chi connectivity index (χ0v) is 9.98. The van der Waals surface area contributed by atoms with Crippen molar-refractivity contribution >= 4 is 23.4 Å². The first-order chi connectivity index (χ1) is 7.17. The molecule has 0 bridgehead atoms. The number of aliphatic hydroxyl groups excluding tert-OH is 1. The van der Waals surface area contributed by atoms with E-state index in [0.717, 1.165) is 11.3 Å². The van der Waals surface area contributed by atoms with Gasteiger partial charge in [-0.05, 0) is 24.6 Å². The standard InChI is InChI=1S/C11H12ClNOS/c1-8(4-5-14)15-11-3-2-9(7-13)6-10(11)12/h2-3,6,8,14H,4-5H2,1H3. The lowest BCUT2D eigenvalue weighted by Gasteiger charge is -2.10. The number of thioether (sulfide) groups is 1. The Kier molecular flexibility index (Phi) is 4.97. The molecule has 0 fully saturated rings. The minimum atomic E-state index is 0.183. The quantitative estimate of drug-likeness (QED) is 0.824. The molecule has 15 heavy (non-hydrogen) atoms. The molecule has 1 aromatic carbocycles. The summed E-state index contributed by atoms with van der Waals surface area (Å²) in [6, 6.07) is 7.30. The Morgan fingerprint density at radius 3 is 2.87 bits per heavy atom. The SMILES string of the molecule is CC(CCO)Sc1ccc(C#N)cc1Cl. The van der Waals surface area contributed by atoms with Gasteiger partial charge in [0.2, 0.25) is 0 Å². The molecule has 1 N–H and O–H groups in total. The topological polar surface area (TPSA) is 44.0 Å². The highest BCUT2D eigenvalue weighted by molar-refractivity contribution is 8.00. The van der Waals surface area contributed by atoms with Gasteiger partial charge in [-0.25, -0.2) is 0 Å². The number of hydrogen-bond donors (Lipinski definition) is 1.